The van der Waals surface area contributed by atoms with Crippen LogP contribution in [0.3, 0.4) is 0 Å². The normalized spacial score (nSPS) is 27.1. The maximum Gasteiger partial charge on any atom is 0.147 e. The summed E-state index contributed by atoms with van der Waals surface area (Å²) < 4.78 is 0. The van der Waals surface area contributed by atoms with Crippen LogP contribution in [0.4, 0.5) is 0 Å². The van der Waals surface area contributed by atoms with Gasteiger partial charge in [-0.25, -0.2) is 0 Å². The Labute approximate surface area is 142 Å². The van der Waals surface area contributed by atoms with Gasteiger partial charge in [0.25, 0.3) is 0 Å². The summed E-state index contributed by atoms with van der Waals surface area (Å²) in [6.07, 6.45) is 15.7. The zero-order chi connectivity index (χ0) is 16.8. The molecule has 23 heavy (non-hydrogen) atoms. The van der Waals surface area contributed by atoms with Crippen molar-refractivity contribution in [3.8, 4) is 0 Å². The van der Waals surface area contributed by atoms with Crippen LogP contribution in [-0.4, -0.2) is 24.3 Å². The fraction of sp³-hybridized carbons (Fsp3) is 0.667. The monoisotopic (exact) mass is 315 g/mol. The van der Waals surface area contributed by atoms with Gasteiger partial charge >= 0.3 is 0 Å². The Morgan fingerprint density at radius 3 is 2.43 bits per heavy atom. The molecule has 0 bridgehead atoms. The Bertz CT molecular complexity index is 504. The number of allylic oxidation sites excluding steroid dienone is 5. The Balaban J connectivity index is 2.20. The van der Waals surface area contributed by atoms with E-state index in [1.54, 1.807) is 0 Å². The molecule has 1 saturated carbocycles. The zero-order valence-electron chi connectivity index (χ0n) is 15.4. The summed E-state index contributed by atoms with van der Waals surface area (Å²) >= 11 is 0. The number of hydrogen-bond donors (Lipinski definition) is 0. The van der Waals surface area contributed by atoms with Crippen LogP contribution in [0.25, 0.3) is 0 Å². The van der Waals surface area contributed by atoms with Gasteiger partial charge in [0.05, 0.1) is 0 Å². The minimum absolute atomic E-state index is 0.570. The van der Waals surface area contributed by atoms with Crippen molar-refractivity contribution >= 4 is 6.29 Å². The predicted molar refractivity (Wildman–Crippen MR) is 98.3 cm³/mol. The first kappa shape index (κ1) is 18.0. The van der Waals surface area contributed by atoms with Gasteiger partial charge in [-0.05, 0) is 88.4 Å². The number of aldehydes is 1. The van der Waals surface area contributed by atoms with Crippen LogP contribution in [-0.2, 0) is 4.79 Å². The second-order valence-electron chi connectivity index (χ2n) is 7.51. The fourth-order valence-electron chi connectivity index (χ4n) is 3.87. The van der Waals surface area contributed by atoms with Gasteiger partial charge in [-0.2, -0.15) is 0 Å². The number of carbonyl (C=O) groups excluding carboxylic acids is 1. The first-order chi connectivity index (χ1) is 11.0. The quantitative estimate of drug-likeness (QED) is 0.384. The van der Waals surface area contributed by atoms with Gasteiger partial charge in [0.1, 0.15) is 6.29 Å². The van der Waals surface area contributed by atoms with Gasteiger partial charge in [0, 0.05) is 24.4 Å². The molecule has 0 saturated heterocycles. The molecule has 2 aliphatic carbocycles. The Morgan fingerprint density at radius 2 is 1.87 bits per heavy atom. The van der Waals surface area contributed by atoms with E-state index < -0.39 is 0 Å². The summed E-state index contributed by atoms with van der Waals surface area (Å²) in [6, 6.07) is 0.570. The van der Waals surface area contributed by atoms with E-state index in [2.05, 4.69) is 37.9 Å². The molecule has 2 rings (SSSR count). The minimum atomic E-state index is 0.570. The van der Waals surface area contributed by atoms with Crippen molar-refractivity contribution in [1.82, 2.24) is 4.90 Å². The predicted octanol–water partition coefficient (Wildman–Crippen LogP) is 5.42. The van der Waals surface area contributed by atoms with Gasteiger partial charge < -0.3 is 4.90 Å². The second-order valence-corrected chi connectivity index (χ2v) is 7.51. The van der Waals surface area contributed by atoms with E-state index >= 15 is 0 Å². The first-order valence-electron chi connectivity index (χ1n) is 9.29. The summed E-state index contributed by atoms with van der Waals surface area (Å²) in [7, 11) is 2.17. The highest BCUT2D eigenvalue weighted by atomic mass is 16.1. The van der Waals surface area contributed by atoms with Crippen LogP contribution in [0.2, 0.25) is 0 Å². The molecule has 128 valence electrons. The molecule has 0 unspecified atom stereocenters. The average molecular weight is 316 g/mol. The lowest BCUT2D eigenvalue weighted by molar-refractivity contribution is -0.105. The molecule has 0 aromatic rings. The number of likely N-dealkylation sites (N-methyl/N-ethyl adjacent to an activating group) is 1. The van der Waals surface area contributed by atoms with E-state index in [4.69, 9.17) is 0 Å². The summed E-state index contributed by atoms with van der Waals surface area (Å²) in [5.74, 6) is 0.851. The molecule has 0 N–H and O–H groups in total. The Hall–Kier alpha value is -1.31. The number of nitrogens with zero attached hydrogens (tertiary/aromatic N) is 1. The zero-order valence-corrected chi connectivity index (χ0v) is 15.4. The SMILES string of the molecule is C/C(C=O)=C(\C=C(/C)C1=CCCCC1)N(C)C1CCC(C)CC1. The molecule has 0 radical (unpaired) electrons. The van der Waals surface area contributed by atoms with E-state index in [9.17, 15) is 4.79 Å². The van der Waals surface area contributed by atoms with Crippen LogP contribution < -0.4 is 0 Å². The van der Waals surface area contributed by atoms with Crippen LogP contribution in [0.5, 0.6) is 0 Å². The number of hydrogen-bond acceptors (Lipinski definition) is 2. The molecule has 2 heteroatoms. The third kappa shape index (κ3) is 4.83. The average Bonchev–Trinajstić information content (AvgIpc) is 2.59. The van der Waals surface area contributed by atoms with Crippen molar-refractivity contribution < 1.29 is 4.79 Å². The van der Waals surface area contributed by atoms with Crippen molar-refractivity contribution in [2.24, 2.45) is 5.92 Å². The third-order valence-electron chi connectivity index (χ3n) is 5.64. The molecular weight excluding hydrogens is 282 g/mol. The molecule has 0 aromatic heterocycles. The lowest BCUT2D eigenvalue weighted by Crippen LogP contribution is -2.34. The van der Waals surface area contributed by atoms with Crippen LogP contribution in [0.15, 0.2) is 34.6 Å². The number of carbonyl (C=O) groups is 1. The molecule has 2 nitrogen and oxygen atoms in total. The first-order valence-corrected chi connectivity index (χ1v) is 9.29. The summed E-state index contributed by atoms with van der Waals surface area (Å²) in [6.45, 7) is 6.50. The highest BCUT2D eigenvalue weighted by Gasteiger charge is 2.23. The van der Waals surface area contributed by atoms with Crippen molar-refractivity contribution in [1.29, 1.82) is 0 Å². The highest BCUT2D eigenvalue weighted by Crippen LogP contribution is 2.31. The molecule has 0 spiro atoms. The molecule has 0 aliphatic heterocycles. The lowest BCUT2D eigenvalue weighted by Gasteiger charge is -2.36. The molecule has 0 atom stereocenters. The van der Waals surface area contributed by atoms with Gasteiger partial charge in [-0.3, -0.25) is 4.79 Å². The maximum atomic E-state index is 11.4. The fourth-order valence-corrected chi connectivity index (χ4v) is 3.87. The third-order valence-corrected chi connectivity index (χ3v) is 5.64. The second kappa shape index (κ2) is 8.52. The van der Waals surface area contributed by atoms with E-state index in [-0.39, 0.29) is 0 Å². The molecule has 0 amide bonds. The molecule has 0 heterocycles. The summed E-state index contributed by atoms with van der Waals surface area (Å²) in [5.41, 5.74) is 4.76. The maximum absolute atomic E-state index is 11.4. The van der Waals surface area contributed by atoms with E-state index in [0.29, 0.717) is 6.04 Å². The van der Waals surface area contributed by atoms with Crippen LogP contribution in [0, 0.1) is 5.92 Å². The van der Waals surface area contributed by atoms with Crippen LogP contribution >= 0.6 is 0 Å². The smallest absolute Gasteiger partial charge is 0.147 e. The van der Waals surface area contributed by atoms with Crippen molar-refractivity contribution in [3.63, 3.8) is 0 Å². The minimum Gasteiger partial charge on any atom is -0.371 e. The van der Waals surface area contributed by atoms with Crippen molar-refractivity contribution in [3.05, 3.63) is 34.6 Å². The number of rotatable bonds is 5. The van der Waals surface area contributed by atoms with E-state index in [0.717, 1.165) is 23.5 Å². The van der Waals surface area contributed by atoms with Crippen molar-refractivity contribution in [2.45, 2.75) is 78.2 Å². The highest BCUT2D eigenvalue weighted by molar-refractivity contribution is 5.74. The molecule has 1 fully saturated rings. The standard InChI is InChI=1S/C21H33NO/c1-16-10-12-20(13-11-16)22(4)21(18(3)15-23)14-17(2)19-8-6-5-7-9-19/h8,14-16,20H,5-7,9-13H2,1-4H3/b17-14+,21-18-. The lowest BCUT2D eigenvalue weighted by atomic mass is 9.86. The largest absolute Gasteiger partial charge is 0.371 e. The van der Waals surface area contributed by atoms with Gasteiger partial charge in [0.2, 0.25) is 0 Å². The van der Waals surface area contributed by atoms with Gasteiger partial charge in [0.15, 0.2) is 0 Å². The Morgan fingerprint density at radius 1 is 1.17 bits per heavy atom. The molecule has 2 aliphatic rings. The summed E-state index contributed by atoms with van der Waals surface area (Å²) in [4.78, 5) is 13.8. The molecular formula is C21H33NO. The molecule has 0 aromatic carbocycles. The van der Waals surface area contributed by atoms with Gasteiger partial charge in [-0.15, -0.1) is 0 Å². The van der Waals surface area contributed by atoms with Crippen LogP contribution in [0.1, 0.15) is 72.1 Å². The van der Waals surface area contributed by atoms with Gasteiger partial charge in [-0.1, -0.05) is 13.0 Å². The Kier molecular flexibility index (Phi) is 6.68. The topological polar surface area (TPSA) is 20.3 Å². The van der Waals surface area contributed by atoms with Crippen molar-refractivity contribution in [2.75, 3.05) is 7.05 Å². The van der Waals surface area contributed by atoms with E-state index in [1.807, 2.05) is 6.92 Å². The summed E-state index contributed by atoms with van der Waals surface area (Å²) in [5, 5.41) is 0. The van der Waals surface area contributed by atoms with E-state index in [1.165, 1.54) is 62.5 Å².